The zero-order valence-electron chi connectivity index (χ0n) is 12.1. The van der Waals surface area contributed by atoms with E-state index in [4.69, 9.17) is 9.15 Å². The largest absolute Gasteiger partial charge is 0.493 e. The highest BCUT2D eigenvalue weighted by molar-refractivity contribution is 7.99. The average Bonchev–Trinajstić information content (AvgIpc) is 3.01. The smallest absolute Gasteiger partial charge is 0.276 e. The van der Waals surface area contributed by atoms with Crippen molar-refractivity contribution in [3.8, 4) is 17.2 Å². The number of hydrogen-bond donors (Lipinski definition) is 0. The van der Waals surface area contributed by atoms with E-state index in [0.717, 1.165) is 17.1 Å². The van der Waals surface area contributed by atoms with Gasteiger partial charge in [0, 0.05) is 23.7 Å². The lowest BCUT2D eigenvalue weighted by molar-refractivity contribution is 0.343. The van der Waals surface area contributed by atoms with Crippen molar-refractivity contribution in [1.29, 1.82) is 0 Å². The third-order valence-corrected chi connectivity index (χ3v) is 3.68. The summed E-state index contributed by atoms with van der Waals surface area (Å²) in [7, 11) is 0. The van der Waals surface area contributed by atoms with Gasteiger partial charge in [-0.05, 0) is 36.8 Å². The number of aryl methyl sites for hydroxylation is 1. The second kappa shape index (κ2) is 7.09. The van der Waals surface area contributed by atoms with Crippen LogP contribution in [0.25, 0.3) is 11.5 Å². The Morgan fingerprint density at radius 1 is 1.14 bits per heavy atom. The number of rotatable bonds is 6. The van der Waals surface area contributed by atoms with Gasteiger partial charge in [0.05, 0.1) is 6.61 Å². The number of benzene rings is 1. The fraction of sp³-hybridized carbons (Fsp3) is 0.188. The molecule has 0 aliphatic carbocycles. The van der Waals surface area contributed by atoms with Crippen molar-refractivity contribution >= 4 is 11.8 Å². The first kappa shape index (κ1) is 14.6. The van der Waals surface area contributed by atoms with Gasteiger partial charge in [-0.25, -0.2) is 0 Å². The van der Waals surface area contributed by atoms with Crippen LogP contribution >= 0.6 is 11.8 Å². The molecule has 2 heterocycles. The number of thioether (sulfide) groups is 1. The first-order valence-corrected chi connectivity index (χ1v) is 7.86. The maximum atomic E-state index is 5.68. The van der Waals surface area contributed by atoms with E-state index >= 15 is 0 Å². The van der Waals surface area contributed by atoms with Crippen LogP contribution in [-0.4, -0.2) is 27.5 Å². The molecular weight excluding hydrogens is 298 g/mol. The van der Waals surface area contributed by atoms with Crippen LogP contribution in [0.15, 0.2) is 58.4 Å². The van der Waals surface area contributed by atoms with Crippen molar-refractivity contribution in [3.05, 3.63) is 54.4 Å². The summed E-state index contributed by atoms with van der Waals surface area (Å²) in [5.74, 6) is 2.12. The fourth-order valence-corrected chi connectivity index (χ4v) is 2.45. The Morgan fingerprint density at radius 3 is 2.82 bits per heavy atom. The molecule has 0 saturated heterocycles. The molecule has 112 valence electrons. The molecule has 0 saturated carbocycles. The van der Waals surface area contributed by atoms with Crippen molar-refractivity contribution in [3.63, 3.8) is 0 Å². The monoisotopic (exact) mass is 313 g/mol. The van der Waals surface area contributed by atoms with Crippen molar-refractivity contribution in [1.82, 2.24) is 15.2 Å². The molecule has 5 nitrogen and oxygen atoms in total. The summed E-state index contributed by atoms with van der Waals surface area (Å²) in [5.41, 5.74) is 2.05. The molecule has 0 N–H and O–H groups in total. The topological polar surface area (TPSA) is 61.0 Å². The maximum absolute atomic E-state index is 5.68. The third kappa shape index (κ3) is 3.85. The molecule has 0 fully saturated rings. The quantitative estimate of drug-likeness (QED) is 0.512. The highest BCUT2D eigenvalue weighted by atomic mass is 32.2. The first-order valence-electron chi connectivity index (χ1n) is 6.87. The maximum Gasteiger partial charge on any atom is 0.276 e. The van der Waals surface area contributed by atoms with Crippen LogP contribution in [0.4, 0.5) is 0 Å². The molecule has 0 atom stereocenters. The molecule has 0 aliphatic rings. The normalized spacial score (nSPS) is 10.6. The minimum absolute atomic E-state index is 0.504. The van der Waals surface area contributed by atoms with Gasteiger partial charge in [-0.1, -0.05) is 23.9 Å². The number of hydrogen-bond acceptors (Lipinski definition) is 6. The van der Waals surface area contributed by atoms with Gasteiger partial charge in [-0.2, -0.15) is 0 Å². The van der Waals surface area contributed by atoms with Crippen LogP contribution in [-0.2, 0) is 0 Å². The Morgan fingerprint density at radius 2 is 2.00 bits per heavy atom. The highest BCUT2D eigenvalue weighted by Gasteiger charge is 2.08. The molecule has 0 aliphatic heterocycles. The van der Waals surface area contributed by atoms with E-state index in [1.165, 1.54) is 17.3 Å². The molecule has 2 aromatic heterocycles. The summed E-state index contributed by atoms with van der Waals surface area (Å²) in [6.07, 6.45) is 3.39. The average molecular weight is 313 g/mol. The summed E-state index contributed by atoms with van der Waals surface area (Å²) in [6, 6.07) is 11.7. The van der Waals surface area contributed by atoms with Gasteiger partial charge in [-0.15, -0.1) is 10.2 Å². The molecular formula is C16H15N3O2S. The van der Waals surface area contributed by atoms with E-state index < -0.39 is 0 Å². The van der Waals surface area contributed by atoms with Gasteiger partial charge in [-0.3, -0.25) is 4.98 Å². The molecule has 1 aromatic carbocycles. The summed E-state index contributed by atoms with van der Waals surface area (Å²) in [6.45, 7) is 2.63. The summed E-state index contributed by atoms with van der Waals surface area (Å²) >= 11 is 1.48. The minimum Gasteiger partial charge on any atom is -0.493 e. The van der Waals surface area contributed by atoms with Gasteiger partial charge in [0.15, 0.2) is 0 Å². The lowest BCUT2D eigenvalue weighted by atomic mass is 10.2. The molecule has 0 bridgehead atoms. The van der Waals surface area contributed by atoms with Crippen molar-refractivity contribution in [2.24, 2.45) is 0 Å². The minimum atomic E-state index is 0.504. The van der Waals surface area contributed by atoms with Gasteiger partial charge in [0.2, 0.25) is 5.89 Å². The second-order valence-corrected chi connectivity index (χ2v) is 5.67. The molecule has 0 spiro atoms. The predicted octanol–water partition coefficient (Wildman–Crippen LogP) is 3.61. The van der Waals surface area contributed by atoms with Crippen molar-refractivity contribution < 1.29 is 9.15 Å². The van der Waals surface area contributed by atoms with Crippen molar-refractivity contribution in [2.75, 3.05) is 12.4 Å². The Hall–Kier alpha value is -2.34. The molecule has 6 heteroatoms. The van der Waals surface area contributed by atoms with E-state index in [9.17, 15) is 0 Å². The van der Waals surface area contributed by atoms with Crippen LogP contribution in [0.2, 0.25) is 0 Å². The van der Waals surface area contributed by atoms with Crippen LogP contribution < -0.4 is 4.74 Å². The Balaban J connectivity index is 1.49. The number of pyridine rings is 1. The van der Waals surface area contributed by atoms with Crippen LogP contribution in [0.5, 0.6) is 5.75 Å². The number of ether oxygens (including phenoxy) is 1. The van der Waals surface area contributed by atoms with Gasteiger partial charge in [0.25, 0.3) is 5.22 Å². The van der Waals surface area contributed by atoms with E-state index in [1.807, 2.05) is 43.3 Å². The standard InChI is InChI=1S/C16H15N3O2S/c1-12-3-2-4-14(11-12)20-9-10-22-16-19-18-15(21-16)13-5-7-17-8-6-13/h2-8,11H,9-10H2,1H3. The summed E-state index contributed by atoms with van der Waals surface area (Å²) in [4.78, 5) is 3.96. The zero-order valence-corrected chi connectivity index (χ0v) is 12.9. The highest BCUT2D eigenvalue weighted by Crippen LogP contribution is 2.22. The van der Waals surface area contributed by atoms with Gasteiger partial charge in [0.1, 0.15) is 5.75 Å². The van der Waals surface area contributed by atoms with Gasteiger partial charge >= 0.3 is 0 Å². The predicted molar refractivity (Wildman–Crippen MR) is 84.9 cm³/mol. The third-order valence-electron chi connectivity index (χ3n) is 2.90. The Labute approximate surface area is 132 Å². The fourth-order valence-electron chi connectivity index (χ4n) is 1.87. The lowest BCUT2D eigenvalue weighted by Gasteiger charge is -2.05. The van der Waals surface area contributed by atoms with E-state index in [2.05, 4.69) is 15.2 Å². The number of nitrogens with zero attached hydrogens (tertiary/aromatic N) is 3. The van der Waals surface area contributed by atoms with E-state index in [1.54, 1.807) is 12.4 Å². The molecule has 0 unspecified atom stereocenters. The Bertz CT molecular complexity index is 731. The number of aromatic nitrogens is 3. The summed E-state index contributed by atoms with van der Waals surface area (Å²) in [5, 5.41) is 8.59. The Kier molecular flexibility index (Phi) is 4.70. The van der Waals surface area contributed by atoms with E-state index in [-0.39, 0.29) is 0 Å². The van der Waals surface area contributed by atoms with Crippen LogP contribution in [0.3, 0.4) is 0 Å². The van der Waals surface area contributed by atoms with Crippen LogP contribution in [0.1, 0.15) is 5.56 Å². The first-order chi connectivity index (χ1) is 10.8. The van der Waals surface area contributed by atoms with Gasteiger partial charge < -0.3 is 9.15 Å². The van der Waals surface area contributed by atoms with Crippen LogP contribution in [0, 0.1) is 6.92 Å². The SMILES string of the molecule is Cc1cccc(OCCSc2nnc(-c3ccncc3)o2)c1. The van der Waals surface area contributed by atoms with Crippen molar-refractivity contribution in [2.45, 2.75) is 12.1 Å². The summed E-state index contributed by atoms with van der Waals surface area (Å²) < 4.78 is 11.3. The molecule has 22 heavy (non-hydrogen) atoms. The second-order valence-electron chi connectivity index (χ2n) is 4.62. The zero-order chi connectivity index (χ0) is 15.2. The molecule has 3 aromatic rings. The molecule has 3 rings (SSSR count). The molecule has 0 radical (unpaired) electrons. The lowest BCUT2D eigenvalue weighted by Crippen LogP contribution is -2.00. The van der Waals surface area contributed by atoms with E-state index in [0.29, 0.717) is 17.7 Å². The molecule has 0 amide bonds.